The highest BCUT2D eigenvalue weighted by Gasteiger charge is 2.31. The second-order valence-electron chi connectivity index (χ2n) is 5.15. The van der Waals surface area contributed by atoms with Gasteiger partial charge in [-0.2, -0.15) is 13.2 Å². The van der Waals surface area contributed by atoms with Crippen molar-refractivity contribution in [1.29, 1.82) is 0 Å². The summed E-state index contributed by atoms with van der Waals surface area (Å²) in [6.45, 7) is 0.0597. The van der Waals surface area contributed by atoms with Crippen molar-refractivity contribution in [3.05, 3.63) is 53.7 Å². The Hall–Kier alpha value is -2.97. The minimum absolute atomic E-state index is 0.0597. The van der Waals surface area contributed by atoms with Crippen LogP contribution in [0.1, 0.15) is 21.6 Å². The molecule has 0 spiro atoms. The summed E-state index contributed by atoms with van der Waals surface area (Å²) in [5.74, 6) is -0.394. The molecule has 1 N–H and O–H groups in total. The molecule has 9 heteroatoms. The summed E-state index contributed by atoms with van der Waals surface area (Å²) in [4.78, 5) is 23.7. The van der Waals surface area contributed by atoms with Gasteiger partial charge < -0.3 is 9.88 Å². The summed E-state index contributed by atoms with van der Waals surface area (Å²) in [7, 11) is 1.79. The SMILES string of the molecule is Cn1cnc2cc(C(=O)NCc3ccc(C(F)(F)F)nc3)cnc21. The molecule has 0 fully saturated rings. The number of alkyl halides is 3. The van der Waals surface area contributed by atoms with Gasteiger partial charge in [-0.25, -0.2) is 9.97 Å². The van der Waals surface area contributed by atoms with Crippen molar-refractivity contribution in [2.75, 3.05) is 0 Å². The maximum Gasteiger partial charge on any atom is 0.433 e. The molecule has 6 nitrogen and oxygen atoms in total. The van der Waals surface area contributed by atoms with E-state index >= 15 is 0 Å². The summed E-state index contributed by atoms with van der Waals surface area (Å²) >= 11 is 0. The molecule has 3 rings (SSSR count). The Labute approximate surface area is 134 Å². The summed E-state index contributed by atoms with van der Waals surface area (Å²) < 4.78 is 39.0. The lowest BCUT2D eigenvalue weighted by atomic mass is 10.2. The maximum atomic E-state index is 12.4. The average molecular weight is 335 g/mol. The van der Waals surface area contributed by atoms with E-state index in [9.17, 15) is 18.0 Å². The number of carbonyl (C=O) groups excluding carboxylic acids is 1. The highest BCUT2D eigenvalue weighted by Crippen LogP contribution is 2.27. The first-order chi connectivity index (χ1) is 11.3. The molecular formula is C15H12F3N5O. The van der Waals surface area contributed by atoms with E-state index in [1.165, 1.54) is 12.3 Å². The molecule has 24 heavy (non-hydrogen) atoms. The van der Waals surface area contributed by atoms with Crippen molar-refractivity contribution in [2.45, 2.75) is 12.7 Å². The number of fused-ring (bicyclic) bond motifs is 1. The molecule has 3 aromatic rings. The van der Waals surface area contributed by atoms with Gasteiger partial charge in [0.05, 0.1) is 11.9 Å². The first kappa shape index (κ1) is 15.9. The van der Waals surface area contributed by atoms with Crippen LogP contribution in [0, 0.1) is 0 Å². The Kier molecular flexibility index (Phi) is 3.92. The Morgan fingerprint density at radius 1 is 1.21 bits per heavy atom. The van der Waals surface area contributed by atoms with Crippen LogP contribution < -0.4 is 5.32 Å². The van der Waals surface area contributed by atoms with Crippen molar-refractivity contribution >= 4 is 17.1 Å². The molecule has 0 atom stereocenters. The second-order valence-corrected chi connectivity index (χ2v) is 5.15. The van der Waals surface area contributed by atoms with Crippen LogP contribution in [-0.2, 0) is 19.8 Å². The zero-order valence-corrected chi connectivity index (χ0v) is 12.5. The van der Waals surface area contributed by atoms with E-state index in [0.717, 1.165) is 12.3 Å². The van der Waals surface area contributed by atoms with E-state index in [-0.39, 0.29) is 6.54 Å². The lowest BCUT2D eigenvalue weighted by Crippen LogP contribution is -2.23. The molecule has 0 bridgehead atoms. The van der Waals surface area contributed by atoms with Crippen LogP contribution in [0.4, 0.5) is 13.2 Å². The fourth-order valence-corrected chi connectivity index (χ4v) is 2.12. The maximum absolute atomic E-state index is 12.4. The van der Waals surface area contributed by atoms with Gasteiger partial charge >= 0.3 is 6.18 Å². The van der Waals surface area contributed by atoms with Crippen LogP contribution >= 0.6 is 0 Å². The standard InChI is InChI=1S/C15H12F3N5O/c1-23-8-22-11-4-10(7-20-13(11)23)14(24)21-6-9-2-3-12(19-5-9)15(16,17)18/h2-5,7-8H,6H2,1H3,(H,21,24). The molecule has 0 unspecified atom stereocenters. The molecule has 0 aliphatic heterocycles. The van der Waals surface area contributed by atoms with Crippen LogP contribution in [0.15, 0.2) is 36.9 Å². The predicted molar refractivity (Wildman–Crippen MR) is 78.9 cm³/mol. The van der Waals surface area contributed by atoms with Crippen LogP contribution in [0.2, 0.25) is 0 Å². The monoisotopic (exact) mass is 335 g/mol. The molecule has 3 heterocycles. The number of pyridine rings is 2. The van der Waals surface area contributed by atoms with E-state index in [4.69, 9.17) is 0 Å². The molecule has 0 aromatic carbocycles. The van der Waals surface area contributed by atoms with Gasteiger partial charge in [0.25, 0.3) is 5.91 Å². The molecule has 124 valence electrons. The Bertz CT molecular complexity index is 886. The molecule has 0 aliphatic carbocycles. The fraction of sp³-hybridized carbons (Fsp3) is 0.200. The third kappa shape index (κ3) is 3.19. The third-order valence-corrected chi connectivity index (χ3v) is 3.38. The highest BCUT2D eigenvalue weighted by atomic mass is 19.4. The van der Waals surface area contributed by atoms with Crippen molar-refractivity contribution < 1.29 is 18.0 Å². The molecule has 1 amide bonds. The number of aromatic nitrogens is 4. The summed E-state index contributed by atoms with van der Waals surface area (Å²) in [6, 6.07) is 3.75. The highest BCUT2D eigenvalue weighted by molar-refractivity contribution is 5.96. The minimum Gasteiger partial charge on any atom is -0.348 e. The van der Waals surface area contributed by atoms with Crippen LogP contribution in [0.3, 0.4) is 0 Å². The molecule has 3 aromatic heterocycles. The summed E-state index contributed by atoms with van der Waals surface area (Å²) in [6.07, 6.45) is -0.383. The number of hydrogen-bond donors (Lipinski definition) is 1. The first-order valence-electron chi connectivity index (χ1n) is 6.92. The van der Waals surface area contributed by atoms with E-state index in [2.05, 4.69) is 20.3 Å². The Morgan fingerprint density at radius 3 is 2.67 bits per heavy atom. The molecule has 0 saturated carbocycles. The number of hydrogen-bond acceptors (Lipinski definition) is 4. The van der Waals surface area contributed by atoms with Crippen molar-refractivity contribution in [2.24, 2.45) is 7.05 Å². The number of imidazole rings is 1. The van der Waals surface area contributed by atoms with Gasteiger partial charge in [0.15, 0.2) is 5.65 Å². The van der Waals surface area contributed by atoms with Crippen molar-refractivity contribution in [1.82, 2.24) is 24.8 Å². The van der Waals surface area contributed by atoms with Crippen LogP contribution in [0.5, 0.6) is 0 Å². The van der Waals surface area contributed by atoms with E-state index in [0.29, 0.717) is 22.3 Å². The lowest BCUT2D eigenvalue weighted by molar-refractivity contribution is -0.141. The number of halogens is 3. The number of aryl methyl sites for hydroxylation is 1. The number of nitrogens with zero attached hydrogens (tertiary/aromatic N) is 4. The molecular weight excluding hydrogens is 323 g/mol. The van der Waals surface area contributed by atoms with Gasteiger partial charge in [-0.3, -0.25) is 9.78 Å². The predicted octanol–water partition coefficient (Wildman–Crippen LogP) is 2.31. The Morgan fingerprint density at radius 2 is 2.00 bits per heavy atom. The lowest BCUT2D eigenvalue weighted by Gasteiger charge is -2.08. The third-order valence-electron chi connectivity index (χ3n) is 3.38. The average Bonchev–Trinajstić information content (AvgIpc) is 2.93. The fourth-order valence-electron chi connectivity index (χ4n) is 2.12. The summed E-state index contributed by atoms with van der Waals surface area (Å²) in [5, 5.41) is 2.61. The molecule has 0 radical (unpaired) electrons. The largest absolute Gasteiger partial charge is 0.433 e. The molecule has 0 aliphatic rings. The second kappa shape index (κ2) is 5.91. The van der Waals surface area contributed by atoms with E-state index in [1.807, 2.05) is 0 Å². The molecule has 0 saturated heterocycles. The van der Waals surface area contributed by atoms with Gasteiger partial charge in [0.1, 0.15) is 11.2 Å². The van der Waals surface area contributed by atoms with Crippen LogP contribution in [-0.4, -0.2) is 25.4 Å². The van der Waals surface area contributed by atoms with E-state index < -0.39 is 17.8 Å². The first-order valence-corrected chi connectivity index (χ1v) is 6.92. The number of nitrogens with one attached hydrogen (secondary N) is 1. The zero-order valence-electron chi connectivity index (χ0n) is 12.5. The smallest absolute Gasteiger partial charge is 0.348 e. The Balaban J connectivity index is 1.68. The minimum atomic E-state index is -4.48. The quantitative estimate of drug-likeness (QED) is 0.797. The number of rotatable bonds is 3. The summed E-state index contributed by atoms with van der Waals surface area (Å²) in [5.41, 5.74) is 1.05. The van der Waals surface area contributed by atoms with Crippen LogP contribution in [0.25, 0.3) is 11.2 Å². The van der Waals surface area contributed by atoms with Gasteiger partial charge in [-0.05, 0) is 17.7 Å². The van der Waals surface area contributed by atoms with Crippen molar-refractivity contribution in [3.63, 3.8) is 0 Å². The van der Waals surface area contributed by atoms with Gasteiger partial charge in [-0.15, -0.1) is 0 Å². The number of amides is 1. The number of carbonyl (C=O) groups is 1. The van der Waals surface area contributed by atoms with Gasteiger partial charge in [0, 0.05) is 26.0 Å². The topological polar surface area (TPSA) is 72.7 Å². The zero-order chi connectivity index (χ0) is 17.3. The van der Waals surface area contributed by atoms with Crippen molar-refractivity contribution in [3.8, 4) is 0 Å². The van der Waals surface area contributed by atoms with Gasteiger partial charge in [0.2, 0.25) is 0 Å². The van der Waals surface area contributed by atoms with Gasteiger partial charge in [-0.1, -0.05) is 6.07 Å². The normalized spacial score (nSPS) is 11.7. The van der Waals surface area contributed by atoms with E-state index in [1.54, 1.807) is 24.0 Å².